The molecular formula is C14H16N4O6. The van der Waals surface area contributed by atoms with E-state index in [0.717, 1.165) is 0 Å². The fourth-order valence-corrected chi connectivity index (χ4v) is 1.84. The minimum absolute atomic E-state index is 0.0544. The van der Waals surface area contributed by atoms with Crippen LogP contribution in [0.5, 0.6) is 11.5 Å². The van der Waals surface area contributed by atoms with E-state index in [4.69, 9.17) is 14.2 Å². The van der Waals surface area contributed by atoms with E-state index in [2.05, 4.69) is 10.1 Å². The maximum atomic E-state index is 11.6. The Morgan fingerprint density at radius 1 is 1.42 bits per heavy atom. The summed E-state index contributed by atoms with van der Waals surface area (Å²) < 4.78 is 16.8. The largest absolute Gasteiger partial charge is 0.490 e. The normalized spacial score (nSPS) is 10.2. The predicted octanol–water partition coefficient (Wildman–Crippen LogP) is 1.21. The molecule has 0 spiro atoms. The molecule has 2 rings (SSSR count). The van der Waals surface area contributed by atoms with E-state index < -0.39 is 10.9 Å². The molecule has 1 aromatic heterocycles. The molecule has 128 valence electrons. The van der Waals surface area contributed by atoms with Gasteiger partial charge in [0, 0.05) is 25.1 Å². The number of carbonyl (C=O) groups is 1. The van der Waals surface area contributed by atoms with Crippen molar-refractivity contribution in [3.63, 3.8) is 0 Å². The minimum Gasteiger partial charge on any atom is -0.490 e. The highest BCUT2D eigenvalue weighted by atomic mass is 16.6. The third-order valence-corrected chi connectivity index (χ3v) is 2.97. The van der Waals surface area contributed by atoms with Gasteiger partial charge in [-0.15, -0.1) is 0 Å². The number of ether oxygens (including phenoxy) is 3. The van der Waals surface area contributed by atoms with Crippen LogP contribution in [-0.4, -0.2) is 46.0 Å². The van der Waals surface area contributed by atoms with Crippen molar-refractivity contribution in [2.24, 2.45) is 0 Å². The van der Waals surface area contributed by atoms with Crippen LogP contribution in [0.15, 0.2) is 30.9 Å². The van der Waals surface area contributed by atoms with E-state index in [1.165, 1.54) is 31.6 Å². The van der Waals surface area contributed by atoms with E-state index in [1.807, 2.05) is 0 Å². The van der Waals surface area contributed by atoms with Gasteiger partial charge < -0.3 is 14.2 Å². The first-order chi connectivity index (χ1) is 11.6. The Morgan fingerprint density at radius 2 is 2.25 bits per heavy atom. The van der Waals surface area contributed by atoms with Gasteiger partial charge in [0.15, 0.2) is 6.61 Å². The molecule has 1 aromatic carbocycles. The molecule has 0 atom stereocenters. The van der Waals surface area contributed by atoms with Crippen LogP contribution in [0.3, 0.4) is 0 Å². The molecule has 0 fully saturated rings. The van der Waals surface area contributed by atoms with E-state index >= 15 is 0 Å². The highest BCUT2D eigenvalue weighted by Crippen LogP contribution is 2.30. The standard InChI is InChI=1S/C14H16N4O6/c1-22-13-7-11(3-4-12(13)18(20)21)24-8-14(19)23-6-2-5-17-10-15-9-16-17/h3-4,7,9-10H,2,5-6,8H2,1H3. The van der Waals surface area contributed by atoms with Gasteiger partial charge in [0.1, 0.15) is 18.4 Å². The smallest absolute Gasteiger partial charge is 0.344 e. The number of methoxy groups -OCH3 is 1. The van der Waals surface area contributed by atoms with Crippen molar-refractivity contribution < 1.29 is 23.9 Å². The number of nitro benzene ring substituents is 1. The van der Waals surface area contributed by atoms with Crippen LogP contribution in [0.2, 0.25) is 0 Å². The van der Waals surface area contributed by atoms with Crippen LogP contribution < -0.4 is 9.47 Å². The summed E-state index contributed by atoms with van der Waals surface area (Å²) in [7, 11) is 1.31. The number of nitro groups is 1. The Kier molecular flexibility index (Phi) is 6.06. The van der Waals surface area contributed by atoms with Gasteiger partial charge in [-0.1, -0.05) is 0 Å². The van der Waals surface area contributed by atoms with Crippen molar-refractivity contribution in [3.8, 4) is 11.5 Å². The fourth-order valence-electron chi connectivity index (χ4n) is 1.84. The minimum atomic E-state index is -0.563. The Bertz CT molecular complexity index is 689. The SMILES string of the molecule is COc1cc(OCC(=O)OCCCn2cncn2)ccc1[N+](=O)[O-]. The molecule has 0 N–H and O–H groups in total. The molecule has 2 aromatic rings. The van der Waals surface area contributed by atoms with Crippen LogP contribution in [0.1, 0.15) is 6.42 Å². The first-order valence-corrected chi connectivity index (χ1v) is 7.03. The average Bonchev–Trinajstić information content (AvgIpc) is 3.09. The van der Waals surface area contributed by atoms with Gasteiger partial charge in [0.05, 0.1) is 18.6 Å². The molecule has 10 nitrogen and oxygen atoms in total. The number of aryl methyl sites for hydroxylation is 1. The van der Waals surface area contributed by atoms with Gasteiger partial charge in [0.25, 0.3) is 0 Å². The topological polar surface area (TPSA) is 119 Å². The van der Waals surface area contributed by atoms with Gasteiger partial charge in [0.2, 0.25) is 5.75 Å². The number of rotatable bonds is 9. The van der Waals surface area contributed by atoms with E-state index in [1.54, 1.807) is 11.0 Å². The summed E-state index contributed by atoms with van der Waals surface area (Å²) in [5, 5.41) is 14.7. The molecule has 0 aliphatic heterocycles. The van der Waals surface area contributed by atoms with Gasteiger partial charge in [-0.2, -0.15) is 5.10 Å². The summed E-state index contributed by atoms with van der Waals surface area (Å²) in [6.07, 6.45) is 3.60. The Hall–Kier alpha value is -3.17. The Balaban J connectivity index is 1.74. The van der Waals surface area contributed by atoms with Crippen molar-refractivity contribution in [3.05, 3.63) is 41.0 Å². The van der Waals surface area contributed by atoms with E-state index in [0.29, 0.717) is 13.0 Å². The molecule has 10 heteroatoms. The lowest BCUT2D eigenvalue weighted by Gasteiger charge is -2.08. The summed E-state index contributed by atoms with van der Waals surface area (Å²) in [6, 6.07) is 3.98. The Morgan fingerprint density at radius 3 is 2.92 bits per heavy atom. The van der Waals surface area contributed by atoms with Crippen LogP contribution in [-0.2, 0) is 16.1 Å². The number of hydrogen-bond acceptors (Lipinski definition) is 8. The third kappa shape index (κ3) is 4.93. The van der Waals surface area contributed by atoms with Crippen molar-refractivity contribution >= 4 is 11.7 Å². The second-order valence-corrected chi connectivity index (χ2v) is 4.61. The highest BCUT2D eigenvalue weighted by Gasteiger charge is 2.15. The molecule has 0 saturated carbocycles. The van der Waals surface area contributed by atoms with Crippen LogP contribution in [0.25, 0.3) is 0 Å². The maximum absolute atomic E-state index is 11.6. The first-order valence-electron chi connectivity index (χ1n) is 7.03. The van der Waals surface area contributed by atoms with Crippen LogP contribution in [0.4, 0.5) is 5.69 Å². The number of benzene rings is 1. The first kappa shape index (κ1) is 17.2. The summed E-state index contributed by atoms with van der Waals surface area (Å²) in [6.45, 7) is 0.517. The van der Waals surface area contributed by atoms with E-state index in [-0.39, 0.29) is 30.4 Å². The summed E-state index contributed by atoms with van der Waals surface area (Å²) in [5.74, 6) is -0.207. The van der Waals surface area contributed by atoms with Crippen molar-refractivity contribution in [2.75, 3.05) is 20.3 Å². The van der Waals surface area contributed by atoms with Crippen molar-refractivity contribution in [1.82, 2.24) is 14.8 Å². The zero-order valence-corrected chi connectivity index (χ0v) is 13.0. The van der Waals surface area contributed by atoms with Gasteiger partial charge >= 0.3 is 11.7 Å². The molecule has 0 unspecified atom stereocenters. The molecule has 0 aliphatic carbocycles. The summed E-state index contributed by atoms with van der Waals surface area (Å²) in [5.41, 5.74) is -0.180. The molecule has 0 bridgehead atoms. The highest BCUT2D eigenvalue weighted by molar-refractivity contribution is 5.71. The number of esters is 1. The second kappa shape index (κ2) is 8.46. The molecular weight excluding hydrogens is 320 g/mol. The maximum Gasteiger partial charge on any atom is 0.344 e. The predicted molar refractivity (Wildman–Crippen MR) is 80.7 cm³/mol. The average molecular weight is 336 g/mol. The fraction of sp³-hybridized carbons (Fsp3) is 0.357. The molecule has 0 amide bonds. The van der Waals surface area contributed by atoms with Crippen LogP contribution >= 0.6 is 0 Å². The molecule has 0 saturated heterocycles. The quantitative estimate of drug-likeness (QED) is 0.290. The third-order valence-electron chi connectivity index (χ3n) is 2.97. The van der Waals surface area contributed by atoms with Gasteiger partial charge in [-0.05, 0) is 6.07 Å². The monoisotopic (exact) mass is 336 g/mol. The second-order valence-electron chi connectivity index (χ2n) is 4.61. The van der Waals surface area contributed by atoms with Crippen LogP contribution in [0, 0.1) is 10.1 Å². The van der Waals surface area contributed by atoms with Crippen molar-refractivity contribution in [2.45, 2.75) is 13.0 Å². The number of hydrogen-bond donors (Lipinski definition) is 0. The zero-order valence-electron chi connectivity index (χ0n) is 13.0. The zero-order chi connectivity index (χ0) is 17.4. The Labute approximate surface area is 137 Å². The number of nitrogens with zero attached hydrogens (tertiary/aromatic N) is 4. The summed E-state index contributed by atoms with van der Waals surface area (Å²) in [4.78, 5) is 25.6. The molecule has 1 heterocycles. The van der Waals surface area contributed by atoms with E-state index in [9.17, 15) is 14.9 Å². The van der Waals surface area contributed by atoms with Crippen molar-refractivity contribution in [1.29, 1.82) is 0 Å². The van der Waals surface area contributed by atoms with Gasteiger partial charge in [-0.3, -0.25) is 14.8 Å². The lowest BCUT2D eigenvalue weighted by atomic mass is 10.3. The van der Waals surface area contributed by atoms with Gasteiger partial charge in [-0.25, -0.2) is 9.78 Å². The number of aromatic nitrogens is 3. The lowest BCUT2D eigenvalue weighted by Crippen LogP contribution is -2.16. The number of carbonyl (C=O) groups excluding carboxylic acids is 1. The molecule has 0 radical (unpaired) electrons. The lowest BCUT2D eigenvalue weighted by molar-refractivity contribution is -0.385. The molecule has 24 heavy (non-hydrogen) atoms. The summed E-state index contributed by atoms with van der Waals surface area (Å²) >= 11 is 0. The molecule has 0 aliphatic rings.